The summed E-state index contributed by atoms with van der Waals surface area (Å²) in [6.07, 6.45) is 1.59. The number of hydrogen-bond acceptors (Lipinski definition) is 3. The molecule has 1 aromatic carbocycles. The first-order valence-corrected chi connectivity index (χ1v) is 7.98. The van der Waals surface area contributed by atoms with E-state index in [9.17, 15) is 17.6 Å². The predicted octanol–water partition coefficient (Wildman–Crippen LogP) is 2.99. The van der Waals surface area contributed by atoms with E-state index in [0.717, 1.165) is 12.5 Å². The molecule has 0 saturated heterocycles. The van der Waals surface area contributed by atoms with Crippen LogP contribution in [-0.4, -0.2) is 20.0 Å². The van der Waals surface area contributed by atoms with Gasteiger partial charge in [0, 0.05) is 6.42 Å². The Kier molecular flexibility index (Phi) is 5.66. The van der Waals surface area contributed by atoms with Crippen LogP contribution in [0.4, 0.5) is 4.39 Å². The van der Waals surface area contributed by atoms with Crippen molar-refractivity contribution < 1.29 is 17.6 Å². The first-order valence-electron chi connectivity index (χ1n) is 6.33. The van der Waals surface area contributed by atoms with Crippen LogP contribution in [0.3, 0.4) is 0 Å². The lowest BCUT2D eigenvalue weighted by molar-refractivity contribution is -0.117. The zero-order chi connectivity index (χ0) is 14.5. The molecule has 1 unspecified atom stereocenters. The molecule has 3 nitrogen and oxygen atoms in total. The van der Waals surface area contributed by atoms with Gasteiger partial charge in [0.1, 0.15) is 11.6 Å². The first-order chi connectivity index (χ1) is 8.85. The van der Waals surface area contributed by atoms with Crippen LogP contribution in [0.5, 0.6) is 0 Å². The minimum absolute atomic E-state index is 0.00479. The second kappa shape index (κ2) is 6.80. The monoisotopic (exact) mass is 286 g/mol. The van der Waals surface area contributed by atoms with Gasteiger partial charge in [-0.1, -0.05) is 19.4 Å². The van der Waals surface area contributed by atoms with Crippen LogP contribution < -0.4 is 0 Å². The smallest absolute Gasteiger partial charge is 0.178 e. The molecule has 0 aliphatic carbocycles. The Hall–Kier alpha value is -1.23. The maximum Gasteiger partial charge on any atom is 0.178 e. The molecule has 0 N–H and O–H groups in total. The Balaban J connectivity index is 2.72. The van der Waals surface area contributed by atoms with Gasteiger partial charge in [-0.25, -0.2) is 12.8 Å². The maximum absolute atomic E-state index is 13.0. The fourth-order valence-electron chi connectivity index (χ4n) is 1.96. The second-order valence-corrected chi connectivity index (χ2v) is 6.85. The molecule has 19 heavy (non-hydrogen) atoms. The van der Waals surface area contributed by atoms with Crippen molar-refractivity contribution in [1.82, 2.24) is 0 Å². The van der Waals surface area contributed by atoms with Gasteiger partial charge in [-0.15, -0.1) is 0 Å². The Labute approximate surface area is 113 Å². The van der Waals surface area contributed by atoms with Gasteiger partial charge in [-0.05, 0) is 37.5 Å². The van der Waals surface area contributed by atoms with Crippen molar-refractivity contribution >= 4 is 15.6 Å². The lowest BCUT2D eigenvalue weighted by atomic mass is 9.97. The van der Waals surface area contributed by atoms with Gasteiger partial charge < -0.3 is 4.79 Å². The standard InChI is InChI=1S/C14H19FO3S/c1-3-12(9-11(2)16)7-8-19(17,18)14-6-4-5-13(15)10-14/h4-6,10,12H,3,7-9H2,1-2H3. The minimum Gasteiger partial charge on any atom is -0.300 e. The van der Waals surface area contributed by atoms with Crippen LogP contribution in [0.25, 0.3) is 0 Å². The first kappa shape index (κ1) is 15.8. The Morgan fingerprint density at radius 3 is 2.58 bits per heavy atom. The van der Waals surface area contributed by atoms with E-state index in [1.54, 1.807) is 0 Å². The van der Waals surface area contributed by atoms with E-state index in [2.05, 4.69) is 0 Å². The summed E-state index contributed by atoms with van der Waals surface area (Å²) >= 11 is 0. The van der Waals surface area contributed by atoms with Crippen molar-refractivity contribution in [2.75, 3.05) is 5.75 Å². The van der Waals surface area contributed by atoms with E-state index < -0.39 is 15.7 Å². The highest BCUT2D eigenvalue weighted by molar-refractivity contribution is 7.91. The Bertz CT molecular complexity index is 537. The van der Waals surface area contributed by atoms with Gasteiger partial charge >= 0.3 is 0 Å². The highest BCUT2D eigenvalue weighted by Gasteiger charge is 2.18. The van der Waals surface area contributed by atoms with E-state index >= 15 is 0 Å². The van der Waals surface area contributed by atoms with E-state index in [-0.39, 0.29) is 22.3 Å². The van der Waals surface area contributed by atoms with E-state index in [0.29, 0.717) is 12.8 Å². The number of ketones is 1. The summed E-state index contributed by atoms with van der Waals surface area (Å²) in [6, 6.07) is 5.02. The third-order valence-electron chi connectivity index (χ3n) is 3.10. The molecule has 5 heteroatoms. The number of carbonyl (C=O) groups is 1. The molecule has 0 heterocycles. The summed E-state index contributed by atoms with van der Waals surface area (Å²) in [5.41, 5.74) is 0. The molecule has 0 saturated carbocycles. The van der Waals surface area contributed by atoms with Gasteiger partial charge in [0.05, 0.1) is 10.6 Å². The fraction of sp³-hybridized carbons (Fsp3) is 0.500. The largest absolute Gasteiger partial charge is 0.300 e. The number of Topliss-reactive ketones (excluding diaryl/α,β-unsaturated/α-hetero) is 1. The number of carbonyl (C=O) groups excluding carboxylic acids is 1. The summed E-state index contributed by atoms with van der Waals surface area (Å²) in [4.78, 5) is 11.1. The molecule has 0 aliphatic rings. The molecule has 0 radical (unpaired) electrons. The molecule has 0 spiro atoms. The molecule has 106 valence electrons. The van der Waals surface area contributed by atoms with Crippen molar-refractivity contribution in [3.8, 4) is 0 Å². The van der Waals surface area contributed by atoms with Gasteiger partial charge in [-0.2, -0.15) is 0 Å². The third-order valence-corrected chi connectivity index (χ3v) is 4.85. The highest BCUT2D eigenvalue weighted by Crippen LogP contribution is 2.19. The van der Waals surface area contributed by atoms with E-state index in [1.165, 1.54) is 25.1 Å². The van der Waals surface area contributed by atoms with Gasteiger partial charge in [0.2, 0.25) is 0 Å². The quantitative estimate of drug-likeness (QED) is 0.774. The molecule has 1 atom stereocenters. The zero-order valence-corrected chi connectivity index (χ0v) is 12.0. The summed E-state index contributed by atoms with van der Waals surface area (Å²) in [6.45, 7) is 3.44. The van der Waals surface area contributed by atoms with Crippen molar-refractivity contribution in [2.45, 2.75) is 38.0 Å². The molecule has 0 aliphatic heterocycles. The van der Waals surface area contributed by atoms with Crippen molar-refractivity contribution in [3.05, 3.63) is 30.1 Å². The molecule has 1 rings (SSSR count). The lowest BCUT2D eigenvalue weighted by Crippen LogP contribution is -2.13. The Morgan fingerprint density at radius 2 is 2.05 bits per heavy atom. The minimum atomic E-state index is -3.48. The maximum atomic E-state index is 13.0. The molecule has 0 bridgehead atoms. The molecule has 0 aromatic heterocycles. The van der Waals surface area contributed by atoms with Crippen LogP contribution in [0.15, 0.2) is 29.2 Å². The summed E-state index contributed by atoms with van der Waals surface area (Å²) in [7, 11) is -3.48. The van der Waals surface area contributed by atoms with Gasteiger partial charge in [0.15, 0.2) is 9.84 Å². The fourth-order valence-corrected chi connectivity index (χ4v) is 3.41. The second-order valence-electron chi connectivity index (χ2n) is 4.75. The molecule has 0 fully saturated rings. The number of hydrogen-bond donors (Lipinski definition) is 0. The average Bonchev–Trinajstić information content (AvgIpc) is 2.34. The number of halogens is 1. The van der Waals surface area contributed by atoms with Gasteiger partial charge in [-0.3, -0.25) is 0 Å². The molecular weight excluding hydrogens is 267 g/mol. The average molecular weight is 286 g/mol. The highest BCUT2D eigenvalue weighted by atomic mass is 32.2. The Morgan fingerprint density at radius 1 is 1.37 bits per heavy atom. The SMILES string of the molecule is CCC(CCS(=O)(=O)c1cccc(F)c1)CC(C)=O. The van der Waals surface area contributed by atoms with Crippen LogP contribution in [0, 0.1) is 11.7 Å². The van der Waals surface area contributed by atoms with Crippen LogP contribution >= 0.6 is 0 Å². The van der Waals surface area contributed by atoms with Gasteiger partial charge in [0.25, 0.3) is 0 Å². The summed E-state index contributed by atoms with van der Waals surface area (Å²) in [5, 5.41) is 0. The van der Waals surface area contributed by atoms with E-state index in [4.69, 9.17) is 0 Å². The molecule has 0 amide bonds. The molecular formula is C14H19FO3S. The number of sulfone groups is 1. The summed E-state index contributed by atoms with van der Waals surface area (Å²) < 4.78 is 37.1. The topological polar surface area (TPSA) is 51.2 Å². The normalized spacial score (nSPS) is 13.2. The van der Waals surface area contributed by atoms with Crippen LogP contribution in [0.2, 0.25) is 0 Å². The van der Waals surface area contributed by atoms with Crippen molar-refractivity contribution in [2.24, 2.45) is 5.92 Å². The predicted molar refractivity (Wildman–Crippen MR) is 72.1 cm³/mol. The molecule has 1 aromatic rings. The number of rotatable bonds is 7. The third kappa shape index (κ3) is 5.11. The number of benzene rings is 1. The van der Waals surface area contributed by atoms with Crippen molar-refractivity contribution in [1.29, 1.82) is 0 Å². The van der Waals surface area contributed by atoms with Crippen LogP contribution in [0.1, 0.15) is 33.1 Å². The van der Waals surface area contributed by atoms with Crippen LogP contribution in [-0.2, 0) is 14.6 Å². The summed E-state index contributed by atoms with van der Waals surface area (Å²) in [5.74, 6) is -0.477. The van der Waals surface area contributed by atoms with Crippen molar-refractivity contribution in [3.63, 3.8) is 0 Å². The van der Waals surface area contributed by atoms with E-state index in [1.807, 2.05) is 6.92 Å². The lowest BCUT2D eigenvalue weighted by Gasteiger charge is -2.13. The zero-order valence-electron chi connectivity index (χ0n) is 11.2.